The van der Waals surface area contributed by atoms with Crippen molar-refractivity contribution in [2.24, 2.45) is 0 Å². The number of anilines is 1. The Bertz CT molecular complexity index is 270. The van der Waals surface area contributed by atoms with E-state index in [0.717, 1.165) is 10.1 Å². The van der Waals surface area contributed by atoms with E-state index in [1.54, 1.807) is 0 Å². The summed E-state index contributed by atoms with van der Waals surface area (Å²) in [7, 11) is 0. The van der Waals surface area contributed by atoms with Crippen LogP contribution in [0.2, 0.25) is 0 Å². The molecule has 0 amide bonds. The average molecular weight is 321 g/mol. The maximum absolute atomic E-state index is 8.90. The normalized spacial score (nSPS) is 10.3. The molecule has 0 saturated heterocycles. The largest absolute Gasteiger partial charge is 0.395 e. The molecule has 0 unspecified atom stereocenters. The molecule has 0 aliphatic carbocycles. The molecule has 1 aromatic rings. The van der Waals surface area contributed by atoms with Gasteiger partial charge in [0.15, 0.2) is 0 Å². The first-order valence-electron chi connectivity index (χ1n) is 4.93. The minimum absolute atomic E-state index is 0.105. The standard InChI is InChI=1S/C11H16INO2/c12-9-10-1-3-11(4-2-10)13(5-7-14)6-8-15/h1-4,14-15H,5-9H2. The van der Waals surface area contributed by atoms with Crippen molar-refractivity contribution < 1.29 is 10.2 Å². The number of alkyl halides is 1. The number of halogens is 1. The zero-order chi connectivity index (χ0) is 11.1. The summed E-state index contributed by atoms with van der Waals surface area (Å²) in [5, 5.41) is 17.8. The zero-order valence-electron chi connectivity index (χ0n) is 8.56. The maximum atomic E-state index is 8.90. The van der Waals surface area contributed by atoms with Crippen LogP contribution in [0, 0.1) is 0 Å². The van der Waals surface area contributed by atoms with Gasteiger partial charge in [0, 0.05) is 23.2 Å². The van der Waals surface area contributed by atoms with Gasteiger partial charge in [0.2, 0.25) is 0 Å². The number of nitrogens with zero attached hydrogens (tertiary/aromatic N) is 1. The third-order valence-corrected chi connectivity index (χ3v) is 3.08. The molecule has 0 atom stereocenters. The van der Waals surface area contributed by atoms with Crippen LogP contribution in [0.3, 0.4) is 0 Å². The Labute approximate surface area is 104 Å². The molecular weight excluding hydrogens is 305 g/mol. The Balaban J connectivity index is 2.72. The van der Waals surface area contributed by atoms with Gasteiger partial charge in [-0.25, -0.2) is 0 Å². The summed E-state index contributed by atoms with van der Waals surface area (Å²) >= 11 is 2.32. The molecule has 4 heteroatoms. The Kier molecular flexibility index (Phi) is 5.97. The van der Waals surface area contributed by atoms with E-state index >= 15 is 0 Å². The number of hydrogen-bond donors (Lipinski definition) is 2. The smallest absolute Gasteiger partial charge is 0.0606 e. The molecule has 15 heavy (non-hydrogen) atoms. The Morgan fingerprint density at radius 2 is 1.53 bits per heavy atom. The van der Waals surface area contributed by atoms with Gasteiger partial charge in [-0.15, -0.1) is 0 Å². The molecule has 1 aromatic carbocycles. The minimum Gasteiger partial charge on any atom is -0.395 e. The Hall–Kier alpha value is -0.330. The number of rotatable bonds is 6. The van der Waals surface area contributed by atoms with Crippen LogP contribution in [0.5, 0.6) is 0 Å². The van der Waals surface area contributed by atoms with E-state index in [9.17, 15) is 0 Å². The molecule has 0 fully saturated rings. The van der Waals surface area contributed by atoms with Gasteiger partial charge in [0.1, 0.15) is 0 Å². The highest BCUT2D eigenvalue weighted by Crippen LogP contribution is 2.16. The quantitative estimate of drug-likeness (QED) is 0.615. The van der Waals surface area contributed by atoms with Gasteiger partial charge in [-0.1, -0.05) is 34.7 Å². The van der Waals surface area contributed by atoms with Gasteiger partial charge in [0.25, 0.3) is 0 Å². The minimum atomic E-state index is 0.105. The monoisotopic (exact) mass is 321 g/mol. The molecule has 0 spiro atoms. The molecule has 0 bridgehead atoms. The average Bonchev–Trinajstić information content (AvgIpc) is 2.29. The van der Waals surface area contributed by atoms with Crippen LogP contribution in [-0.4, -0.2) is 36.5 Å². The van der Waals surface area contributed by atoms with Crippen LogP contribution in [-0.2, 0) is 4.43 Å². The van der Waals surface area contributed by atoms with E-state index in [-0.39, 0.29) is 13.2 Å². The molecule has 0 aliphatic heterocycles. The molecule has 3 nitrogen and oxygen atoms in total. The third-order valence-electron chi connectivity index (χ3n) is 2.20. The van der Waals surface area contributed by atoms with Crippen molar-refractivity contribution in [1.82, 2.24) is 0 Å². The number of aliphatic hydroxyl groups is 2. The first kappa shape index (κ1) is 12.7. The Morgan fingerprint density at radius 3 is 1.93 bits per heavy atom. The van der Waals surface area contributed by atoms with Gasteiger partial charge in [0.05, 0.1) is 13.2 Å². The van der Waals surface area contributed by atoms with E-state index in [2.05, 4.69) is 34.7 Å². The van der Waals surface area contributed by atoms with Crippen molar-refractivity contribution in [1.29, 1.82) is 0 Å². The summed E-state index contributed by atoms with van der Waals surface area (Å²) < 4.78 is 0.998. The van der Waals surface area contributed by atoms with E-state index in [0.29, 0.717) is 13.1 Å². The van der Waals surface area contributed by atoms with Crippen LogP contribution in [0.15, 0.2) is 24.3 Å². The predicted molar refractivity (Wildman–Crippen MR) is 70.6 cm³/mol. The van der Waals surface area contributed by atoms with Crippen molar-refractivity contribution in [2.45, 2.75) is 4.43 Å². The van der Waals surface area contributed by atoms with Crippen molar-refractivity contribution >= 4 is 28.3 Å². The summed E-state index contributed by atoms with van der Waals surface area (Å²) in [5.74, 6) is 0. The molecule has 0 heterocycles. The SMILES string of the molecule is OCCN(CCO)c1ccc(CI)cc1. The fourth-order valence-electron chi connectivity index (χ4n) is 1.41. The van der Waals surface area contributed by atoms with Crippen LogP contribution in [0.4, 0.5) is 5.69 Å². The van der Waals surface area contributed by atoms with E-state index < -0.39 is 0 Å². The predicted octanol–water partition coefficient (Wildman–Crippen LogP) is 1.41. The summed E-state index contributed by atoms with van der Waals surface area (Å²) in [4.78, 5) is 1.97. The van der Waals surface area contributed by atoms with Gasteiger partial charge in [-0.3, -0.25) is 0 Å². The Morgan fingerprint density at radius 1 is 1.00 bits per heavy atom. The van der Waals surface area contributed by atoms with Crippen LogP contribution >= 0.6 is 22.6 Å². The van der Waals surface area contributed by atoms with Gasteiger partial charge >= 0.3 is 0 Å². The lowest BCUT2D eigenvalue weighted by molar-refractivity contribution is 0.281. The lowest BCUT2D eigenvalue weighted by atomic mass is 10.2. The maximum Gasteiger partial charge on any atom is 0.0606 e. The zero-order valence-corrected chi connectivity index (χ0v) is 10.7. The highest BCUT2D eigenvalue weighted by atomic mass is 127. The first-order chi connectivity index (χ1) is 7.31. The highest BCUT2D eigenvalue weighted by Gasteiger charge is 2.04. The summed E-state index contributed by atoms with van der Waals surface area (Å²) in [5.41, 5.74) is 2.33. The fraction of sp³-hybridized carbons (Fsp3) is 0.455. The molecule has 84 valence electrons. The second-order valence-corrected chi connectivity index (χ2v) is 4.00. The van der Waals surface area contributed by atoms with Crippen LogP contribution in [0.1, 0.15) is 5.56 Å². The summed E-state index contributed by atoms with van der Waals surface area (Å²) in [6, 6.07) is 8.20. The fourth-order valence-corrected chi connectivity index (χ4v) is 1.92. The van der Waals surface area contributed by atoms with Gasteiger partial charge in [-0.2, -0.15) is 0 Å². The van der Waals surface area contributed by atoms with E-state index in [1.165, 1.54) is 5.56 Å². The van der Waals surface area contributed by atoms with Gasteiger partial charge < -0.3 is 15.1 Å². The van der Waals surface area contributed by atoms with Gasteiger partial charge in [-0.05, 0) is 17.7 Å². The third kappa shape index (κ3) is 3.96. The van der Waals surface area contributed by atoms with Crippen molar-refractivity contribution in [3.8, 4) is 0 Å². The lowest BCUT2D eigenvalue weighted by Crippen LogP contribution is -2.29. The molecule has 0 aromatic heterocycles. The summed E-state index contributed by atoms with van der Waals surface area (Å²) in [6.07, 6.45) is 0. The van der Waals surface area contributed by atoms with Crippen LogP contribution in [0.25, 0.3) is 0 Å². The van der Waals surface area contributed by atoms with E-state index in [1.807, 2.05) is 17.0 Å². The molecule has 0 saturated carbocycles. The first-order valence-corrected chi connectivity index (χ1v) is 6.46. The second-order valence-electron chi connectivity index (χ2n) is 3.23. The molecular formula is C11H16INO2. The topological polar surface area (TPSA) is 43.7 Å². The number of benzene rings is 1. The number of hydrogen-bond acceptors (Lipinski definition) is 3. The summed E-state index contributed by atoms with van der Waals surface area (Å²) in [6.45, 7) is 1.33. The number of aliphatic hydroxyl groups excluding tert-OH is 2. The van der Waals surface area contributed by atoms with Crippen molar-refractivity contribution in [2.75, 3.05) is 31.2 Å². The molecule has 2 N–H and O–H groups in total. The van der Waals surface area contributed by atoms with E-state index in [4.69, 9.17) is 10.2 Å². The lowest BCUT2D eigenvalue weighted by Gasteiger charge is -2.22. The van der Waals surface area contributed by atoms with Crippen molar-refractivity contribution in [3.05, 3.63) is 29.8 Å². The molecule has 0 radical (unpaired) electrons. The second kappa shape index (κ2) is 7.03. The van der Waals surface area contributed by atoms with Crippen molar-refractivity contribution in [3.63, 3.8) is 0 Å². The molecule has 1 rings (SSSR count). The highest BCUT2D eigenvalue weighted by molar-refractivity contribution is 14.1. The van der Waals surface area contributed by atoms with Crippen LogP contribution < -0.4 is 4.90 Å². The molecule has 0 aliphatic rings.